The number of carbonyl (C=O) groups excluding carboxylic acids is 1. The number of hydrogen-bond donors (Lipinski definition) is 1. The first kappa shape index (κ1) is 25.4. The van der Waals surface area contributed by atoms with E-state index >= 15 is 0 Å². The zero-order chi connectivity index (χ0) is 28.0. The number of esters is 1. The normalized spacial score (nSPS) is 16.1. The third-order valence-electron chi connectivity index (χ3n) is 6.55. The van der Waals surface area contributed by atoms with Crippen LogP contribution in [0.25, 0.3) is 17.4 Å². The van der Waals surface area contributed by atoms with Gasteiger partial charge in [-0.15, -0.1) is 0 Å². The van der Waals surface area contributed by atoms with Gasteiger partial charge in [-0.2, -0.15) is 0 Å². The van der Waals surface area contributed by atoms with Gasteiger partial charge in [-0.3, -0.25) is 9.36 Å². The lowest BCUT2D eigenvalue weighted by molar-refractivity contribution is -0.139. The fourth-order valence-corrected chi connectivity index (χ4v) is 5.81. The lowest BCUT2D eigenvalue weighted by Gasteiger charge is -2.24. The molecule has 4 aromatic rings. The summed E-state index contributed by atoms with van der Waals surface area (Å²) in [6.07, 6.45) is 1.58. The van der Waals surface area contributed by atoms with Crippen LogP contribution in [0.5, 0.6) is 11.5 Å². The minimum absolute atomic E-state index is 0.0865. The molecule has 0 aliphatic carbocycles. The highest BCUT2D eigenvalue weighted by atomic mass is 32.1. The number of carboxylic acid groups (broad SMARTS) is 1. The molecule has 0 bridgehead atoms. The van der Waals surface area contributed by atoms with E-state index in [-0.39, 0.29) is 30.1 Å². The van der Waals surface area contributed by atoms with Gasteiger partial charge < -0.3 is 23.7 Å². The van der Waals surface area contributed by atoms with Crippen LogP contribution in [0.3, 0.4) is 0 Å². The predicted octanol–water partition coefficient (Wildman–Crippen LogP) is 3.49. The quantitative estimate of drug-likeness (QED) is 0.356. The van der Waals surface area contributed by atoms with Crippen molar-refractivity contribution in [3.63, 3.8) is 0 Å². The highest BCUT2D eigenvalue weighted by Crippen LogP contribution is 2.38. The summed E-state index contributed by atoms with van der Waals surface area (Å²) in [6.45, 7) is 3.68. The summed E-state index contributed by atoms with van der Waals surface area (Å²) in [5, 5.41) is 9.53. The zero-order valence-electron chi connectivity index (χ0n) is 21.4. The highest BCUT2D eigenvalue weighted by molar-refractivity contribution is 7.07. The van der Waals surface area contributed by atoms with Gasteiger partial charge in [0.15, 0.2) is 16.3 Å². The molecule has 202 valence electrons. The maximum Gasteiger partial charge on any atom is 0.338 e. The molecule has 0 fully saturated rings. The Morgan fingerprint density at radius 2 is 1.95 bits per heavy atom. The Balaban J connectivity index is 1.48. The zero-order valence-corrected chi connectivity index (χ0v) is 22.2. The summed E-state index contributed by atoms with van der Waals surface area (Å²) in [4.78, 5) is 43.5. The Morgan fingerprint density at radius 3 is 2.75 bits per heavy atom. The number of benzene rings is 2. The predicted molar refractivity (Wildman–Crippen MR) is 144 cm³/mol. The smallest absolute Gasteiger partial charge is 0.338 e. The van der Waals surface area contributed by atoms with Crippen LogP contribution in [0.4, 0.5) is 0 Å². The van der Waals surface area contributed by atoms with Crippen LogP contribution < -0.4 is 24.4 Å². The van der Waals surface area contributed by atoms with Gasteiger partial charge in [0.1, 0.15) is 11.5 Å². The number of rotatable bonds is 6. The van der Waals surface area contributed by atoms with Crippen LogP contribution in [0, 0.1) is 0 Å². The van der Waals surface area contributed by atoms with E-state index in [0.717, 1.165) is 11.3 Å². The van der Waals surface area contributed by atoms with Gasteiger partial charge in [0, 0.05) is 11.6 Å². The average molecular weight is 559 g/mol. The van der Waals surface area contributed by atoms with Crippen molar-refractivity contribution in [2.24, 2.45) is 4.99 Å². The number of fused-ring (bicyclic) bond motifs is 2. The Labute approximate surface area is 230 Å². The number of carboxylic acids is 1. The lowest BCUT2D eigenvalue weighted by Crippen LogP contribution is -2.39. The third kappa shape index (κ3) is 4.30. The number of hydrogen-bond acceptors (Lipinski definition) is 9. The summed E-state index contributed by atoms with van der Waals surface area (Å²) < 4.78 is 24.0. The van der Waals surface area contributed by atoms with Crippen molar-refractivity contribution in [1.82, 2.24) is 4.57 Å². The van der Waals surface area contributed by atoms with E-state index in [1.165, 1.54) is 10.6 Å². The van der Waals surface area contributed by atoms with Crippen LogP contribution in [0.15, 0.2) is 80.1 Å². The Hall–Kier alpha value is -4.90. The molecule has 2 aromatic carbocycles. The first-order chi connectivity index (χ1) is 19.4. The molecule has 1 N–H and O–H groups in total. The van der Waals surface area contributed by atoms with Gasteiger partial charge in [-0.25, -0.2) is 14.6 Å². The largest absolute Gasteiger partial charge is 0.478 e. The molecule has 1 unspecified atom stereocenters. The number of carbonyl (C=O) groups is 2. The molecule has 2 aliphatic rings. The van der Waals surface area contributed by atoms with E-state index in [1.54, 1.807) is 68.5 Å². The van der Waals surface area contributed by atoms with Gasteiger partial charge in [0.25, 0.3) is 5.56 Å². The molecule has 0 saturated heterocycles. The first-order valence-corrected chi connectivity index (χ1v) is 13.2. The molecule has 11 heteroatoms. The van der Waals surface area contributed by atoms with E-state index in [2.05, 4.69) is 4.99 Å². The molecular weight excluding hydrogens is 536 g/mol. The second-order valence-corrected chi connectivity index (χ2v) is 9.98. The second-order valence-electron chi connectivity index (χ2n) is 8.97. The molecular formula is C29H22N2O8S. The standard InChI is InChI=1S/C29H22N2O8S/c1-3-36-28(35)24-15(2)30-29-31(25(24)16-8-10-21-22(12-16)38-14-37-21)26(32)23(40-29)13-17-9-11-20(39-17)18-6-4-5-7-19(18)27(33)34/h4-13,25H,3,14H2,1-2H3,(H,33,34)/b23-13+. The van der Waals surface area contributed by atoms with E-state index in [0.29, 0.717) is 49.2 Å². The van der Waals surface area contributed by atoms with Gasteiger partial charge in [-0.05, 0) is 49.7 Å². The Kier molecular flexibility index (Phi) is 6.35. The van der Waals surface area contributed by atoms with Crippen molar-refractivity contribution < 1.29 is 33.3 Å². The summed E-state index contributed by atoms with van der Waals surface area (Å²) in [5.74, 6) is 0.179. The Morgan fingerprint density at radius 1 is 1.15 bits per heavy atom. The fraction of sp³-hybridized carbons (Fsp3) is 0.172. The van der Waals surface area contributed by atoms with Crippen molar-refractivity contribution in [2.75, 3.05) is 13.4 Å². The van der Waals surface area contributed by atoms with Crippen LogP contribution in [-0.2, 0) is 9.53 Å². The van der Waals surface area contributed by atoms with Crippen LogP contribution in [-0.4, -0.2) is 35.0 Å². The van der Waals surface area contributed by atoms with E-state index in [4.69, 9.17) is 18.6 Å². The molecule has 2 aliphatic heterocycles. The summed E-state index contributed by atoms with van der Waals surface area (Å²) in [5.41, 5.74) is 1.50. The number of aromatic carboxylic acids is 1. The highest BCUT2D eigenvalue weighted by Gasteiger charge is 2.34. The number of aromatic nitrogens is 1. The second kappa shape index (κ2) is 10.0. The minimum atomic E-state index is -1.07. The molecule has 0 spiro atoms. The van der Waals surface area contributed by atoms with Crippen LogP contribution >= 0.6 is 11.3 Å². The summed E-state index contributed by atoms with van der Waals surface area (Å²) >= 11 is 1.16. The van der Waals surface area contributed by atoms with Crippen molar-refractivity contribution in [3.8, 4) is 22.8 Å². The van der Waals surface area contributed by atoms with Gasteiger partial charge in [0.05, 0.1) is 34.0 Å². The molecule has 0 radical (unpaired) electrons. The maximum absolute atomic E-state index is 13.8. The number of ether oxygens (including phenoxy) is 3. The molecule has 2 aromatic heterocycles. The summed E-state index contributed by atoms with van der Waals surface area (Å²) in [7, 11) is 0. The molecule has 0 amide bonds. The van der Waals surface area contributed by atoms with Crippen molar-refractivity contribution >= 4 is 29.4 Å². The summed E-state index contributed by atoms with van der Waals surface area (Å²) in [6, 6.07) is 14.3. The van der Waals surface area contributed by atoms with Gasteiger partial charge in [0.2, 0.25) is 6.79 Å². The molecule has 40 heavy (non-hydrogen) atoms. The van der Waals surface area contributed by atoms with Gasteiger partial charge >= 0.3 is 11.9 Å². The van der Waals surface area contributed by atoms with Crippen LogP contribution in [0.1, 0.15) is 41.6 Å². The monoisotopic (exact) mass is 558 g/mol. The Bertz CT molecular complexity index is 1890. The first-order valence-electron chi connectivity index (χ1n) is 12.4. The SMILES string of the molecule is CCOC(=O)C1=C(C)N=c2s/c(=C/c3ccc(-c4ccccc4C(=O)O)o3)c(=O)n2C1c1ccc2c(c1)OCO2. The molecule has 1 atom stereocenters. The number of thiazole rings is 1. The number of allylic oxidation sites excluding steroid dienone is 1. The third-order valence-corrected chi connectivity index (χ3v) is 7.54. The van der Waals surface area contributed by atoms with E-state index < -0.39 is 18.0 Å². The lowest BCUT2D eigenvalue weighted by atomic mass is 9.95. The molecule has 4 heterocycles. The van der Waals surface area contributed by atoms with Crippen molar-refractivity contribution in [1.29, 1.82) is 0 Å². The average Bonchev–Trinajstić information content (AvgIpc) is 3.67. The van der Waals surface area contributed by atoms with E-state index in [1.807, 2.05) is 0 Å². The van der Waals surface area contributed by atoms with Crippen molar-refractivity contribution in [3.05, 3.63) is 102 Å². The fourth-order valence-electron chi connectivity index (χ4n) is 4.78. The maximum atomic E-state index is 13.8. The topological polar surface area (TPSA) is 130 Å². The number of nitrogens with zero attached hydrogens (tertiary/aromatic N) is 2. The van der Waals surface area contributed by atoms with E-state index in [9.17, 15) is 19.5 Å². The number of furan rings is 1. The van der Waals surface area contributed by atoms with Crippen LogP contribution in [0.2, 0.25) is 0 Å². The van der Waals surface area contributed by atoms with Crippen molar-refractivity contribution in [2.45, 2.75) is 19.9 Å². The minimum Gasteiger partial charge on any atom is -0.478 e. The molecule has 6 rings (SSSR count). The molecule has 0 saturated carbocycles. The molecule has 10 nitrogen and oxygen atoms in total. The van der Waals surface area contributed by atoms with Gasteiger partial charge in [-0.1, -0.05) is 35.6 Å².